The highest BCUT2D eigenvalue weighted by Gasteiger charge is 2.27. The Hall–Kier alpha value is -1.35. The normalized spacial score (nSPS) is 11.5. The van der Waals surface area contributed by atoms with Gasteiger partial charge in [0.1, 0.15) is 6.61 Å². The topological polar surface area (TPSA) is 86.0 Å². The summed E-state index contributed by atoms with van der Waals surface area (Å²) in [5, 5.41) is 2.49. The minimum atomic E-state index is -4.33. The van der Waals surface area contributed by atoms with Gasteiger partial charge in [0.15, 0.2) is 0 Å². The first-order valence-electron chi connectivity index (χ1n) is 4.42. The van der Waals surface area contributed by atoms with Gasteiger partial charge in [0, 0.05) is 6.54 Å². The molecule has 0 aromatic carbocycles. The molecule has 0 unspecified atom stereocenters. The summed E-state index contributed by atoms with van der Waals surface area (Å²) >= 11 is 5.49. The molecular formula is C7H9ClF3N5O. The molecule has 0 spiro atoms. The van der Waals surface area contributed by atoms with Crippen LogP contribution in [0.25, 0.3) is 0 Å². The van der Waals surface area contributed by atoms with Crippen LogP contribution in [0.3, 0.4) is 0 Å². The molecule has 0 bridgehead atoms. The van der Waals surface area contributed by atoms with Crippen LogP contribution in [0.1, 0.15) is 0 Å². The van der Waals surface area contributed by atoms with Gasteiger partial charge in [-0.25, -0.2) is 0 Å². The number of nitrogens with zero attached hydrogens (tertiary/aromatic N) is 3. The molecule has 1 aromatic rings. The highest BCUT2D eigenvalue weighted by atomic mass is 35.5. The van der Waals surface area contributed by atoms with Crippen molar-refractivity contribution >= 4 is 23.5 Å². The van der Waals surface area contributed by atoms with Crippen molar-refractivity contribution in [3.63, 3.8) is 0 Å². The van der Waals surface area contributed by atoms with E-state index in [0.29, 0.717) is 0 Å². The number of aromatic nitrogens is 3. The Morgan fingerprint density at radius 2 is 2.00 bits per heavy atom. The Morgan fingerprint density at radius 3 is 2.59 bits per heavy atom. The van der Waals surface area contributed by atoms with E-state index in [4.69, 9.17) is 17.3 Å². The fourth-order valence-corrected chi connectivity index (χ4v) is 1.03. The number of halogens is 4. The van der Waals surface area contributed by atoms with Crippen LogP contribution in [-0.2, 0) is 4.74 Å². The van der Waals surface area contributed by atoms with E-state index >= 15 is 0 Å². The SMILES string of the molecule is Nc1nc(Cl)nc(NCCOCC(F)(F)F)n1. The van der Waals surface area contributed by atoms with Gasteiger partial charge >= 0.3 is 6.18 Å². The number of hydrogen-bond acceptors (Lipinski definition) is 6. The van der Waals surface area contributed by atoms with Crippen LogP contribution in [0.15, 0.2) is 0 Å². The second-order valence-electron chi connectivity index (χ2n) is 2.88. The fourth-order valence-electron chi connectivity index (χ4n) is 0.867. The molecule has 0 saturated carbocycles. The number of ether oxygens (including phenoxy) is 1. The van der Waals surface area contributed by atoms with Gasteiger partial charge in [-0.05, 0) is 11.6 Å². The van der Waals surface area contributed by atoms with Crippen LogP contribution in [0.2, 0.25) is 5.28 Å². The molecule has 0 saturated heterocycles. The molecule has 96 valence electrons. The Balaban J connectivity index is 2.27. The van der Waals surface area contributed by atoms with Crippen LogP contribution >= 0.6 is 11.6 Å². The van der Waals surface area contributed by atoms with Crippen molar-refractivity contribution < 1.29 is 17.9 Å². The number of nitrogens with one attached hydrogen (secondary N) is 1. The maximum Gasteiger partial charge on any atom is 0.411 e. The monoisotopic (exact) mass is 271 g/mol. The number of hydrogen-bond donors (Lipinski definition) is 2. The quantitative estimate of drug-likeness (QED) is 0.780. The van der Waals surface area contributed by atoms with Crippen molar-refractivity contribution in [1.29, 1.82) is 0 Å². The van der Waals surface area contributed by atoms with Gasteiger partial charge in [0.05, 0.1) is 6.61 Å². The van der Waals surface area contributed by atoms with Crippen molar-refractivity contribution in [2.75, 3.05) is 30.8 Å². The van der Waals surface area contributed by atoms with Gasteiger partial charge < -0.3 is 15.8 Å². The molecule has 0 radical (unpaired) electrons. The molecule has 0 amide bonds. The molecule has 3 N–H and O–H groups in total. The largest absolute Gasteiger partial charge is 0.411 e. The van der Waals surface area contributed by atoms with Gasteiger partial charge in [-0.2, -0.15) is 28.1 Å². The zero-order valence-electron chi connectivity index (χ0n) is 8.46. The van der Waals surface area contributed by atoms with Crippen molar-refractivity contribution in [1.82, 2.24) is 15.0 Å². The number of nitrogens with two attached hydrogens (primary N) is 1. The van der Waals surface area contributed by atoms with Gasteiger partial charge in [0.2, 0.25) is 17.2 Å². The van der Waals surface area contributed by atoms with Crippen molar-refractivity contribution in [3.8, 4) is 0 Å². The van der Waals surface area contributed by atoms with Gasteiger partial charge in [-0.1, -0.05) is 0 Å². The van der Waals surface area contributed by atoms with E-state index in [1.807, 2.05) is 0 Å². The standard InChI is InChI=1S/C7H9ClF3N5O/c8-4-14-5(12)16-6(15-4)13-1-2-17-3-7(9,10)11/h1-3H2,(H3,12,13,14,15,16). The summed E-state index contributed by atoms with van der Waals surface area (Å²) in [5.74, 6) is 0.00168. The average Bonchev–Trinajstić information content (AvgIpc) is 2.13. The molecule has 0 fully saturated rings. The molecule has 1 rings (SSSR count). The van der Waals surface area contributed by atoms with Crippen LogP contribution in [0, 0.1) is 0 Å². The summed E-state index contributed by atoms with van der Waals surface area (Å²) in [6, 6.07) is 0. The molecule has 1 aromatic heterocycles. The average molecular weight is 272 g/mol. The zero-order valence-corrected chi connectivity index (χ0v) is 9.22. The molecule has 0 atom stereocenters. The molecule has 1 heterocycles. The van der Waals surface area contributed by atoms with E-state index in [9.17, 15) is 13.2 Å². The second-order valence-corrected chi connectivity index (χ2v) is 3.22. The first-order valence-corrected chi connectivity index (χ1v) is 4.80. The Morgan fingerprint density at radius 1 is 1.29 bits per heavy atom. The van der Waals surface area contributed by atoms with Crippen LogP contribution in [0.5, 0.6) is 0 Å². The lowest BCUT2D eigenvalue weighted by Gasteiger charge is -2.08. The molecule has 0 aliphatic heterocycles. The number of rotatable bonds is 5. The maximum absolute atomic E-state index is 11.7. The molecule has 10 heteroatoms. The predicted molar refractivity (Wildman–Crippen MR) is 54.6 cm³/mol. The lowest BCUT2D eigenvalue weighted by atomic mass is 10.6. The van der Waals surface area contributed by atoms with E-state index in [2.05, 4.69) is 25.0 Å². The van der Waals surface area contributed by atoms with Gasteiger partial charge in [-0.15, -0.1) is 0 Å². The Labute approximate surface area is 99.4 Å². The fraction of sp³-hybridized carbons (Fsp3) is 0.571. The van der Waals surface area contributed by atoms with Crippen molar-refractivity contribution in [2.24, 2.45) is 0 Å². The first-order chi connectivity index (χ1) is 7.87. The third-order valence-corrected chi connectivity index (χ3v) is 1.59. The molecular weight excluding hydrogens is 263 g/mol. The third-order valence-electron chi connectivity index (χ3n) is 1.42. The highest BCUT2D eigenvalue weighted by Crippen LogP contribution is 2.14. The minimum Gasteiger partial charge on any atom is -0.370 e. The zero-order chi connectivity index (χ0) is 12.9. The van der Waals surface area contributed by atoms with E-state index in [0.717, 1.165) is 0 Å². The summed E-state index contributed by atoms with van der Waals surface area (Å²) in [6.45, 7) is -1.35. The summed E-state index contributed by atoms with van der Waals surface area (Å²) in [4.78, 5) is 10.8. The van der Waals surface area contributed by atoms with E-state index in [1.54, 1.807) is 0 Å². The molecule has 0 aliphatic rings. The summed E-state index contributed by atoms with van der Waals surface area (Å²) in [6.07, 6.45) is -4.33. The van der Waals surface area contributed by atoms with Crippen molar-refractivity contribution in [2.45, 2.75) is 6.18 Å². The second kappa shape index (κ2) is 5.82. The van der Waals surface area contributed by atoms with E-state index in [1.165, 1.54) is 0 Å². The van der Waals surface area contributed by atoms with Gasteiger partial charge in [0.25, 0.3) is 0 Å². The number of nitrogen functional groups attached to an aromatic ring is 1. The van der Waals surface area contributed by atoms with E-state index in [-0.39, 0.29) is 30.3 Å². The number of anilines is 2. The molecule has 0 aliphatic carbocycles. The summed E-state index contributed by atoms with van der Waals surface area (Å²) in [7, 11) is 0. The lowest BCUT2D eigenvalue weighted by molar-refractivity contribution is -0.172. The van der Waals surface area contributed by atoms with Crippen molar-refractivity contribution in [3.05, 3.63) is 5.28 Å². The minimum absolute atomic E-state index is 0.0799. The van der Waals surface area contributed by atoms with E-state index < -0.39 is 12.8 Å². The predicted octanol–water partition coefficient (Wildman–Crippen LogP) is 1.10. The maximum atomic E-state index is 11.7. The Kier molecular flexibility index (Phi) is 4.70. The van der Waals surface area contributed by atoms with Crippen LogP contribution in [0.4, 0.5) is 25.1 Å². The highest BCUT2D eigenvalue weighted by molar-refractivity contribution is 6.28. The summed E-state index contributed by atoms with van der Waals surface area (Å²) < 4.78 is 39.5. The smallest absolute Gasteiger partial charge is 0.370 e. The number of alkyl halides is 3. The van der Waals surface area contributed by atoms with Crippen LogP contribution in [-0.4, -0.2) is 40.9 Å². The molecule has 17 heavy (non-hydrogen) atoms. The van der Waals surface area contributed by atoms with Crippen LogP contribution < -0.4 is 11.1 Å². The lowest BCUT2D eigenvalue weighted by Crippen LogP contribution is -2.20. The first kappa shape index (κ1) is 13.7. The summed E-state index contributed by atoms with van der Waals surface area (Å²) in [5.41, 5.74) is 5.28. The van der Waals surface area contributed by atoms with Gasteiger partial charge in [-0.3, -0.25) is 0 Å². The molecule has 6 nitrogen and oxygen atoms in total. The third kappa shape index (κ3) is 6.07. The Bertz CT molecular complexity index is 355.